The molecule has 1 fully saturated rings. The molecule has 1 rings (SSSR count). The molecule has 0 amide bonds. The van der Waals surface area contributed by atoms with Gasteiger partial charge in [0.1, 0.15) is 5.54 Å². The van der Waals surface area contributed by atoms with Crippen molar-refractivity contribution < 1.29 is 9.53 Å². The fourth-order valence-corrected chi connectivity index (χ4v) is 3.78. The quantitative estimate of drug-likeness (QED) is 0.700. The van der Waals surface area contributed by atoms with E-state index in [-0.39, 0.29) is 5.97 Å². The third-order valence-corrected chi connectivity index (χ3v) is 5.00. The predicted molar refractivity (Wildman–Crippen MR) is 87.4 cm³/mol. The third kappa shape index (κ3) is 4.43. The number of nitrogens with one attached hydrogen (secondary N) is 1. The molecular formula is C17H34N2O2. The highest BCUT2D eigenvalue weighted by Crippen LogP contribution is 2.33. The Kier molecular flexibility index (Phi) is 7.67. The number of ether oxygens (including phenoxy) is 1. The maximum absolute atomic E-state index is 12.5. The van der Waals surface area contributed by atoms with Crippen LogP contribution in [0.3, 0.4) is 0 Å². The Morgan fingerprint density at radius 1 is 1.33 bits per heavy atom. The Labute approximate surface area is 130 Å². The summed E-state index contributed by atoms with van der Waals surface area (Å²) in [5, 5.41) is 3.44. The van der Waals surface area contributed by atoms with E-state index in [0.29, 0.717) is 18.7 Å². The molecule has 1 aliphatic rings. The molecule has 0 aromatic heterocycles. The number of likely N-dealkylation sites (N-methyl/N-ethyl adjacent to an activating group) is 1. The van der Waals surface area contributed by atoms with Gasteiger partial charge in [0.05, 0.1) is 6.61 Å². The van der Waals surface area contributed by atoms with Gasteiger partial charge in [-0.1, -0.05) is 20.8 Å². The highest BCUT2D eigenvalue weighted by molar-refractivity contribution is 5.81. The minimum Gasteiger partial charge on any atom is -0.465 e. The van der Waals surface area contributed by atoms with Crippen LogP contribution < -0.4 is 5.32 Å². The van der Waals surface area contributed by atoms with Crippen LogP contribution in [0.5, 0.6) is 0 Å². The highest BCUT2D eigenvalue weighted by atomic mass is 16.5. The van der Waals surface area contributed by atoms with E-state index in [4.69, 9.17) is 4.74 Å². The van der Waals surface area contributed by atoms with Crippen molar-refractivity contribution in [3.05, 3.63) is 0 Å². The SMILES string of the molecule is CCNC1(C(=O)OCC)CCCC(N(C)C(CC)CC)C1. The maximum atomic E-state index is 12.5. The summed E-state index contributed by atoms with van der Waals surface area (Å²) < 4.78 is 5.36. The lowest BCUT2D eigenvalue weighted by atomic mass is 9.77. The van der Waals surface area contributed by atoms with Crippen LogP contribution in [0.25, 0.3) is 0 Å². The monoisotopic (exact) mass is 298 g/mol. The van der Waals surface area contributed by atoms with Crippen molar-refractivity contribution in [2.45, 2.75) is 83.8 Å². The molecule has 0 aliphatic heterocycles. The molecule has 4 heteroatoms. The predicted octanol–water partition coefficient (Wildman–Crippen LogP) is 2.96. The Morgan fingerprint density at radius 2 is 2.00 bits per heavy atom. The summed E-state index contributed by atoms with van der Waals surface area (Å²) in [5.74, 6) is -0.0607. The first-order chi connectivity index (χ1) is 10.0. The van der Waals surface area contributed by atoms with Gasteiger partial charge < -0.3 is 15.0 Å². The van der Waals surface area contributed by atoms with Gasteiger partial charge in [-0.05, 0) is 59.0 Å². The summed E-state index contributed by atoms with van der Waals surface area (Å²) in [4.78, 5) is 15.0. The smallest absolute Gasteiger partial charge is 0.326 e. The second-order valence-corrected chi connectivity index (χ2v) is 6.22. The summed E-state index contributed by atoms with van der Waals surface area (Å²) in [7, 11) is 2.22. The van der Waals surface area contributed by atoms with Gasteiger partial charge in [-0.25, -0.2) is 0 Å². The lowest BCUT2D eigenvalue weighted by Gasteiger charge is -2.44. The highest BCUT2D eigenvalue weighted by Gasteiger charge is 2.44. The maximum Gasteiger partial charge on any atom is 0.326 e. The van der Waals surface area contributed by atoms with E-state index in [9.17, 15) is 4.79 Å². The molecule has 2 unspecified atom stereocenters. The zero-order chi connectivity index (χ0) is 15.9. The largest absolute Gasteiger partial charge is 0.465 e. The zero-order valence-corrected chi connectivity index (χ0v) is 14.6. The molecule has 0 spiro atoms. The summed E-state index contributed by atoms with van der Waals surface area (Å²) in [5.41, 5.74) is -0.478. The molecule has 0 radical (unpaired) electrons. The van der Waals surface area contributed by atoms with Crippen LogP contribution in [0.1, 0.15) is 66.2 Å². The lowest BCUT2D eigenvalue weighted by Crippen LogP contribution is -2.59. The molecule has 0 saturated heterocycles. The van der Waals surface area contributed by atoms with Crippen molar-refractivity contribution in [3.8, 4) is 0 Å². The first-order valence-electron chi connectivity index (χ1n) is 8.68. The van der Waals surface area contributed by atoms with Gasteiger partial charge in [0.25, 0.3) is 0 Å². The van der Waals surface area contributed by atoms with Crippen molar-refractivity contribution in [2.24, 2.45) is 0 Å². The van der Waals surface area contributed by atoms with Crippen LogP contribution in [0.2, 0.25) is 0 Å². The number of hydrogen-bond acceptors (Lipinski definition) is 4. The average Bonchev–Trinajstić information content (AvgIpc) is 2.49. The van der Waals surface area contributed by atoms with Gasteiger partial charge in [-0.15, -0.1) is 0 Å². The molecular weight excluding hydrogens is 264 g/mol. The second-order valence-electron chi connectivity index (χ2n) is 6.22. The Balaban J connectivity index is 2.85. The van der Waals surface area contributed by atoms with Crippen LogP contribution in [0, 0.1) is 0 Å². The van der Waals surface area contributed by atoms with Gasteiger partial charge in [-0.3, -0.25) is 4.79 Å². The number of nitrogens with zero attached hydrogens (tertiary/aromatic N) is 1. The molecule has 124 valence electrons. The van der Waals surface area contributed by atoms with Crippen LogP contribution >= 0.6 is 0 Å². The molecule has 1 saturated carbocycles. The van der Waals surface area contributed by atoms with E-state index in [0.717, 1.165) is 38.6 Å². The van der Waals surface area contributed by atoms with Crippen molar-refractivity contribution in [2.75, 3.05) is 20.2 Å². The number of carbonyl (C=O) groups excluding carboxylic acids is 1. The van der Waals surface area contributed by atoms with Gasteiger partial charge in [0, 0.05) is 12.1 Å². The van der Waals surface area contributed by atoms with Crippen molar-refractivity contribution in [1.82, 2.24) is 10.2 Å². The lowest BCUT2D eigenvalue weighted by molar-refractivity contribution is -0.154. The Hall–Kier alpha value is -0.610. The normalized spacial score (nSPS) is 26.3. The van der Waals surface area contributed by atoms with E-state index in [1.54, 1.807) is 0 Å². The van der Waals surface area contributed by atoms with E-state index < -0.39 is 5.54 Å². The van der Waals surface area contributed by atoms with E-state index in [1.807, 2.05) is 6.92 Å². The molecule has 0 bridgehead atoms. The van der Waals surface area contributed by atoms with Gasteiger partial charge in [-0.2, -0.15) is 0 Å². The Bertz CT molecular complexity index is 314. The van der Waals surface area contributed by atoms with E-state index in [1.165, 1.54) is 6.42 Å². The summed E-state index contributed by atoms with van der Waals surface area (Å²) in [6, 6.07) is 1.07. The molecule has 1 aliphatic carbocycles. The van der Waals surface area contributed by atoms with E-state index >= 15 is 0 Å². The minimum atomic E-state index is -0.478. The molecule has 0 heterocycles. The third-order valence-electron chi connectivity index (χ3n) is 5.00. The van der Waals surface area contributed by atoms with E-state index in [2.05, 4.69) is 38.0 Å². The summed E-state index contributed by atoms with van der Waals surface area (Å²) in [6.07, 6.45) is 6.36. The molecule has 0 aromatic carbocycles. The standard InChI is InChI=1S/C17H34N2O2/c1-6-14(7-2)19(5)15-11-10-12-17(13-15,18-8-3)16(20)21-9-4/h14-15,18H,6-13H2,1-5H3. The van der Waals surface area contributed by atoms with Crippen molar-refractivity contribution >= 4 is 5.97 Å². The summed E-state index contributed by atoms with van der Waals surface area (Å²) in [6.45, 7) is 9.70. The van der Waals surface area contributed by atoms with Crippen LogP contribution in [0.15, 0.2) is 0 Å². The number of rotatable bonds is 8. The number of hydrogen-bond donors (Lipinski definition) is 1. The van der Waals surface area contributed by atoms with Gasteiger partial charge in [0.2, 0.25) is 0 Å². The molecule has 0 aromatic rings. The second kappa shape index (κ2) is 8.74. The number of esters is 1. The fourth-order valence-electron chi connectivity index (χ4n) is 3.78. The van der Waals surface area contributed by atoms with Crippen LogP contribution in [-0.2, 0) is 9.53 Å². The number of carbonyl (C=O) groups is 1. The fraction of sp³-hybridized carbons (Fsp3) is 0.941. The zero-order valence-electron chi connectivity index (χ0n) is 14.6. The molecule has 1 N–H and O–H groups in total. The van der Waals surface area contributed by atoms with Gasteiger partial charge >= 0.3 is 5.97 Å². The molecule has 4 nitrogen and oxygen atoms in total. The average molecular weight is 298 g/mol. The van der Waals surface area contributed by atoms with Crippen molar-refractivity contribution in [1.29, 1.82) is 0 Å². The van der Waals surface area contributed by atoms with Crippen molar-refractivity contribution in [3.63, 3.8) is 0 Å². The van der Waals surface area contributed by atoms with Crippen LogP contribution in [0.4, 0.5) is 0 Å². The molecule has 2 atom stereocenters. The Morgan fingerprint density at radius 3 is 2.52 bits per heavy atom. The van der Waals surface area contributed by atoms with Gasteiger partial charge in [0.15, 0.2) is 0 Å². The first kappa shape index (κ1) is 18.4. The summed E-state index contributed by atoms with van der Waals surface area (Å²) >= 11 is 0. The topological polar surface area (TPSA) is 41.6 Å². The minimum absolute atomic E-state index is 0.0607. The first-order valence-corrected chi connectivity index (χ1v) is 8.68. The molecule has 21 heavy (non-hydrogen) atoms. The van der Waals surface area contributed by atoms with Crippen LogP contribution in [-0.4, -0.2) is 48.7 Å².